The molecule has 1 heterocycles. The molecule has 1 atom stereocenters. The fraction of sp³-hybridized carbons (Fsp3) is 0.750. The summed E-state index contributed by atoms with van der Waals surface area (Å²) in [4.78, 5) is 4.23. The monoisotopic (exact) mass is 185 g/mol. The van der Waals surface area contributed by atoms with E-state index < -0.39 is 0 Å². The molecule has 0 amide bonds. The first-order valence-electron chi connectivity index (χ1n) is 4.29. The molecular weight excluding hydrogens is 170 g/mol. The lowest BCUT2D eigenvalue weighted by Gasteiger charge is -2.09. The predicted molar refractivity (Wildman–Crippen MR) is 52.6 cm³/mol. The summed E-state index contributed by atoms with van der Waals surface area (Å²) in [6.45, 7) is 6.26. The van der Waals surface area contributed by atoms with Crippen LogP contribution in [0, 0.1) is 6.92 Å². The Morgan fingerprint density at radius 3 is 2.83 bits per heavy atom. The van der Waals surface area contributed by atoms with Gasteiger partial charge in [0, 0.05) is 17.6 Å². The van der Waals surface area contributed by atoms with Crippen LogP contribution >= 0.6 is 11.5 Å². The number of hydrogen-bond donors (Lipinski definition) is 1. The largest absolute Gasteiger partial charge is 0.358 e. The summed E-state index contributed by atoms with van der Waals surface area (Å²) in [6, 6.07) is 0.502. The van der Waals surface area contributed by atoms with E-state index in [9.17, 15) is 0 Å². The molecule has 0 fully saturated rings. The van der Waals surface area contributed by atoms with Gasteiger partial charge in [-0.2, -0.15) is 4.37 Å². The summed E-state index contributed by atoms with van der Waals surface area (Å²) in [5.74, 6) is 0.853. The number of anilines is 1. The third-order valence-corrected chi connectivity index (χ3v) is 2.36. The Hall–Kier alpha value is -0.640. The molecule has 1 aromatic rings. The molecule has 1 N–H and O–H groups in total. The van der Waals surface area contributed by atoms with E-state index >= 15 is 0 Å². The second kappa shape index (κ2) is 4.40. The van der Waals surface area contributed by atoms with Crippen molar-refractivity contribution in [2.75, 3.05) is 5.32 Å². The number of rotatable bonds is 4. The van der Waals surface area contributed by atoms with Crippen LogP contribution in [0.2, 0.25) is 0 Å². The van der Waals surface area contributed by atoms with Crippen molar-refractivity contribution in [2.45, 2.75) is 39.7 Å². The normalized spacial score (nSPS) is 12.9. The minimum Gasteiger partial charge on any atom is -0.358 e. The summed E-state index contributed by atoms with van der Waals surface area (Å²) in [5, 5.41) is 4.25. The second-order valence-electron chi connectivity index (χ2n) is 2.98. The fourth-order valence-electron chi connectivity index (χ4n) is 1.07. The lowest BCUT2D eigenvalue weighted by molar-refractivity contribution is 0.689. The molecule has 1 rings (SSSR count). The van der Waals surface area contributed by atoms with E-state index in [-0.39, 0.29) is 0 Å². The summed E-state index contributed by atoms with van der Waals surface area (Å²) >= 11 is 1.43. The molecule has 0 saturated heterocycles. The van der Waals surface area contributed by atoms with Crippen molar-refractivity contribution < 1.29 is 0 Å². The molecule has 0 aliphatic heterocycles. The van der Waals surface area contributed by atoms with Crippen molar-refractivity contribution in [1.29, 1.82) is 0 Å². The Balaban J connectivity index is 2.41. The molecule has 0 radical (unpaired) electrons. The zero-order chi connectivity index (χ0) is 8.97. The van der Waals surface area contributed by atoms with Gasteiger partial charge in [0.05, 0.1) is 0 Å². The van der Waals surface area contributed by atoms with Crippen molar-refractivity contribution in [3.63, 3.8) is 0 Å². The lowest BCUT2D eigenvalue weighted by atomic mass is 10.2. The standard InChI is InChI=1S/C8H15N3S/c1-4-5-6(2)9-8-10-7(3)11-12-8/h6H,4-5H2,1-3H3,(H,9,10,11). The van der Waals surface area contributed by atoms with Crippen LogP contribution < -0.4 is 5.32 Å². The van der Waals surface area contributed by atoms with Crippen molar-refractivity contribution in [3.05, 3.63) is 5.82 Å². The predicted octanol–water partition coefficient (Wildman–Crippen LogP) is 2.45. The first-order chi connectivity index (χ1) is 5.72. The first kappa shape index (κ1) is 9.45. The van der Waals surface area contributed by atoms with Crippen LogP contribution in [0.15, 0.2) is 0 Å². The first-order valence-corrected chi connectivity index (χ1v) is 5.06. The summed E-state index contributed by atoms with van der Waals surface area (Å²) < 4.78 is 4.10. The smallest absolute Gasteiger partial charge is 0.202 e. The van der Waals surface area contributed by atoms with E-state index in [0.29, 0.717) is 6.04 Å². The SMILES string of the molecule is CCCC(C)Nc1nc(C)ns1. The average molecular weight is 185 g/mol. The van der Waals surface area contributed by atoms with E-state index in [4.69, 9.17) is 0 Å². The minimum absolute atomic E-state index is 0.502. The highest BCUT2D eigenvalue weighted by Crippen LogP contribution is 2.12. The molecule has 12 heavy (non-hydrogen) atoms. The van der Waals surface area contributed by atoms with Crippen LogP contribution in [-0.4, -0.2) is 15.4 Å². The quantitative estimate of drug-likeness (QED) is 0.783. The Morgan fingerprint density at radius 1 is 1.58 bits per heavy atom. The Morgan fingerprint density at radius 2 is 2.33 bits per heavy atom. The van der Waals surface area contributed by atoms with E-state index in [1.54, 1.807) is 0 Å². The van der Waals surface area contributed by atoms with Gasteiger partial charge in [-0.3, -0.25) is 0 Å². The van der Waals surface area contributed by atoms with Crippen molar-refractivity contribution in [2.24, 2.45) is 0 Å². The van der Waals surface area contributed by atoms with E-state index in [1.165, 1.54) is 24.4 Å². The van der Waals surface area contributed by atoms with Crippen LogP contribution in [0.4, 0.5) is 5.13 Å². The van der Waals surface area contributed by atoms with Gasteiger partial charge in [-0.1, -0.05) is 13.3 Å². The van der Waals surface area contributed by atoms with Gasteiger partial charge in [-0.15, -0.1) is 0 Å². The molecule has 0 aliphatic carbocycles. The fourth-order valence-corrected chi connectivity index (χ4v) is 1.76. The van der Waals surface area contributed by atoms with Gasteiger partial charge in [0.15, 0.2) is 0 Å². The average Bonchev–Trinajstić information content (AvgIpc) is 2.36. The van der Waals surface area contributed by atoms with Crippen LogP contribution in [-0.2, 0) is 0 Å². The topological polar surface area (TPSA) is 37.8 Å². The molecule has 0 aromatic carbocycles. The molecule has 1 unspecified atom stereocenters. The summed E-state index contributed by atoms with van der Waals surface area (Å²) in [7, 11) is 0. The van der Waals surface area contributed by atoms with Gasteiger partial charge in [-0.05, 0) is 20.3 Å². The maximum absolute atomic E-state index is 4.23. The highest BCUT2D eigenvalue weighted by molar-refractivity contribution is 7.09. The van der Waals surface area contributed by atoms with Gasteiger partial charge in [0.25, 0.3) is 0 Å². The van der Waals surface area contributed by atoms with Gasteiger partial charge < -0.3 is 5.32 Å². The Labute approximate surface area is 77.4 Å². The molecule has 3 nitrogen and oxygen atoms in total. The van der Waals surface area contributed by atoms with Gasteiger partial charge in [0.1, 0.15) is 5.82 Å². The van der Waals surface area contributed by atoms with Crippen LogP contribution in [0.3, 0.4) is 0 Å². The zero-order valence-electron chi connectivity index (χ0n) is 7.79. The van der Waals surface area contributed by atoms with Crippen molar-refractivity contribution in [1.82, 2.24) is 9.36 Å². The van der Waals surface area contributed by atoms with Crippen LogP contribution in [0.25, 0.3) is 0 Å². The molecule has 0 aliphatic rings. The molecule has 4 heteroatoms. The maximum Gasteiger partial charge on any atom is 0.202 e. The second-order valence-corrected chi connectivity index (χ2v) is 3.73. The highest BCUT2D eigenvalue weighted by Gasteiger charge is 2.03. The number of aromatic nitrogens is 2. The van der Waals surface area contributed by atoms with Crippen LogP contribution in [0.5, 0.6) is 0 Å². The number of hydrogen-bond acceptors (Lipinski definition) is 4. The number of nitrogens with zero attached hydrogens (tertiary/aromatic N) is 2. The molecule has 1 aromatic heterocycles. The summed E-state index contributed by atoms with van der Waals surface area (Å²) in [5.41, 5.74) is 0. The molecule has 68 valence electrons. The maximum atomic E-state index is 4.23. The van der Waals surface area contributed by atoms with E-state index in [2.05, 4.69) is 28.5 Å². The zero-order valence-corrected chi connectivity index (χ0v) is 8.61. The van der Waals surface area contributed by atoms with Crippen molar-refractivity contribution >= 4 is 16.7 Å². The van der Waals surface area contributed by atoms with Gasteiger partial charge >= 0.3 is 0 Å². The van der Waals surface area contributed by atoms with Gasteiger partial charge in [0.2, 0.25) is 5.13 Å². The minimum atomic E-state index is 0.502. The molecular formula is C8H15N3S. The Bertz CT molecular complexity index is 234. The number of nitrogens with one attached hydrogen (secondary N) is 1. The van der Waals surface area contributed by atoms with Gasteiger partial charge in [-0.25, -0.2) is 4.98 Å². The highest BCUT2D eigenvalue weighted by atomic mass is 32.1. The molecule has 0 saturated carbocycles. The van der Waals surface area contributed by atoms with E-state index in [0.717, 1.165) is 11.0 Å². The summed E-state index contributed by atoms with van der Waals surface area (Å²) in [6.07, 6.45) is 2.38. The van der Waals surface area contributed by atoms with E-state index in [1.807, 2.05) is 6.92 Å². The molecule has 0 bridgehead atoms. The molecule has 0 spiro atoms. The third kappa shape index (κ3) is 2.77. The van der Waals surface area contributed by atoms with Crippen molar-refractivity contribution in [3.8, 4) is 0 Å². The van der Waals surface area contributed by atoms with Crippen LogP contribution in [0.1, 0.15) is 32.5 Å². The lowest BCUT2D eigenvalue weighted by Crippen LogP contribution is -2.14. The number of aryl methyl sites for hydroxylation is 1. The third-order valence-electron chi connectivity index (χ3n) is 1.62. The Kier molecular flexibility index (Phi) is 3.47.